The van der Waals surface area contributed by atoms with Gasteiger partial charge in [0, 0.05) is 12.1 Å². The molecule has 1 fully saturated rings. The molecule has 1 amide bonds. The molecule has 1 aliphatic rings. The second-order valence-electron chi connectivity index (χ2n) is 5.51. The van der Waals surface area contributed by atoms with Crippen LogP contribution in [0.1, 0.15) is 33.6 Å². The van der Waals surface area contributed by atoms with Crippen molar-refractivity contribution in [2.75, 3.05) is 13.1 Å². The van der Waals surface area contributed by atoms with Gasteiger partial charge in [0.15, 0.2) is 0 Å². The van der Waals surface area contributed by atoms with Crippen LogP contribution in [0.5, 0.6) is 0 Å². The van der Waals surface area contributed by atoms with Gasteiger partial charge in [0.2, 0.25) is 5.91 Å². The summed E-state index contributed by atoms with van der Waals surface area (Å²) < 4.78 is 0. The van der Waals surface area contributed by atoms with Gasteiger partial charge in [0.25, 0.3) is 0 Å². The van der Waals surface area contributed by atoms with Crippen LogP contribution in [-0.2, 0) is 4.79 Å². The van der Waals surface area contributed by atoms with Crippen LogP contribution in [-0.4, -0.2) is 35.5 Å². The highest BCUT2D eigenvalue weighted by atomic mass is 16.1. The van der Waals surface area contributed by atoms with Crippen LogP contribution in [0.15, 0.2) is 0 Å². The second-order valence-corrected chi connectivity index (χ2v) is 5.51. The van der Waals surface area contributed by atoms with E-state index in [1.165, 1.54) is 0 Å². The van der Waals surface area contributed by atoms with Crippen molar-refractivity contribution in [1.82, 2.24) is 4.90 Å². The lowest BCUT2D eigenvalue weighted by molar-refractivity contribution is -0.125. The van der Waals surface area contributed by atoms with Crippen LogP contribution in [0.3, 0.4) is 0 Å². The van der Waals surface area contributed by atoms with Gasteiger partial charge in [-0.1, -0.05) is 6.92 Å². The van der Waals surface area contributed by atoms with E-state index >= 15 is 0 Å². The minimum absolute atomic E-state index is 0.128. The maximum atomic E-state index is 11.3. The van der Waals surface area contributed by atoms with Crippen LogP contribution in [0, 0.1) is 5.92 Å². The summed E-state index contributed by atoms with van der Waals surface area (Å²) >= 11 is 0. The van der Waals surface area contributed by atoms with Crippen molar-refractivity contribution < 1.29 is 4.79 Å². The molecular formula is C11H23N3O. The highest BCUT2D eigenvalue weighted by Crippen LogP contribution is 2.23. The number of likely N-dealkylation sites (tertiary alicyclic amines) is 1. The molecule has 0 bridgehead atoms. The number of carbonyl (C=O) groups excluding carboxylic acids is 1. The molecule has 0 aromatic heterocycles. The van der Waals surface area contributed by atoms with Crippen molar-refractivity contribution in [2.24, 2.45) is 17.4 Å². The topological polar surface area (TPSA) is 72.3 Å². The molecule has 1 rings (SSSR count). The first kappa shape index (κ1) is 12.5. The molecule has 1 saturated heterocycles. The number of hydrogen-bond acceptors (Lipinski definition) is 3. The molecule has 15 heavy (non-hydrogen) atoms. The third-order valence-electron chi connectivity index (χ3n) is 2.91. The van der Waals surface area contributed by atoms with Gasteiger partial charge < -0.3 is 11.5 Å². The average molecular weight is 213 g/mol. The summed E-state index contributed by atoms with van der Waals surface area (Å²) in [6.45, 7) is 7.77. The maximum absolute atomic E-state index is 11.3. The van der Waals surface area contributed by atoms with Gasteiger partial charge in [-0.3, -0.25) is 9.69 Å². The molecule has 0 saturated carbocycles. The zero-order chi connectivity index (χ0) is 11.6. The lowest BCUT2D eigenvalue weighted by atomic mass is 9.90. The number of nitrogens with two attached hydrogens (primary N) is 2. The van der Waals surface area contributed by atoms with Gasteiger partial charge in [0.1, 0.15) is 0 Å². The molecule has 0 radical (unpaired) electrons. The molecule has 2 unspecified atom stereocenters. The third kappa shape index (κ3) is 3.80. The van der Waals surface area contributed by atoms with Gasteiger partial charge in [-0.25, -0.2) is 0 Å². The SMILES string of the molecule is CC1CCN(CC(C)(C)N)C(C(N)=O)C1. The van der Waals surface area contributed by atoms with Crippen LogP contribution in [0.25, 0.3) is 0 Å². The predicted octanol–water partition coefficient (Wildman–Crippen LogP) is 0.310. The maximum Gasteiger partial charge on any atom is 0.234 e. The highest BCUT2D eigenvalue weighted by molar-refractivity contribution is 5.80. The largest absolute Gasteiger partial charge is 0.368 e. The Hall–Kier alpha value is -0.610. The van der Waals surface area contributed by atoms with Crippen molar-refractivity contribution >= 4 is 5.91 Å². The Bertz CT molecular complexity index is 234. The van der Waals surface area contributed by atoms with Gasteiger partial charge >= 0.3 is 0 Å². The number of amides is 1. The van der Waals surface area contributed by atoms with Gasteiger partial charge in [-0.05, 0) is 39.2 Å². The highest BCUT2D eigenvalue weighted by Gasteiger charge is 2.32. The van der Waals surface area contributed by atoms with E-state index < -0.39 is 0 Å². The fourth-order valence-corrected chi connectivity index (χ4v) is 2.20. The van der Waals surface area contributed by atoms with Crippen molar-refractivity contribution in [3.63, 3.8) is 0 Å². The number of hydrogen-bond donors (Lipinski definition) is 2. The fraction of sp³-hybridized carbons (Fsp3) is 0.909. The molecule has 4 nitrogen and oxygen atoms in total. The van der Waals surface area contributed by atoms with Gasteiger partial charge in [-0.15, -0.1) is 0 Å². The summed E-state index contributed by atoms with van der Waals surface area (Å²) in [6.07, 6.45) is 1.99. The molecule has 4 N–H and O–H groups in total. The Morgan fingerprint density at radius 3 is 2.60 bits per heavy atom. The standard InChI is InChI=1S/C11H23N3O/c1-8-4-5-14(7-11(2,3)13)9(6-8)10(12)15/h8-9H,4-7,13H2,1-3H3,(H2,12,15). The first-order chi connectivity index (χ1) is 6.79. The molecule has 0 aromatic rings. The Kier molecular flexibility index (Phi) is 3.73. The number of nitrogens with zero attached hydrogens (tertiary/aromatic N) is 1. The smallest absolute Gasteiger partial charge is 0.234 e. The second kappa shape index (κ2) is 4.49. The minimum Gasteiger partial charge on any atom is -0.368 e. The molecule has 88 valence electrons. The number of carbonyl (C=O) groups is 1. The van der Waals surface area contributed by atoms with Crippen molar-refractivity contribution in [3.05, 3.63) is 0 Å². The average Bonchev–Trinajstić information content (AvgIpc) is 2.05. The van der Waals surface area contributed by atoms with E-state index in [2.05, 4.69) is 11.8 Å². The zero-order valence-corrected chi connectivity index (χ0v) is 9.99. The first-order valence-electron chi connectivity index (χ1n) is 5.62. The minimum atomic E-state index is -0.270. The van der Waals surface area contributed by atoms with E-state index in [0.29, 0.717) is 5.92 Å². The van der Waals surface area contributed by atoms with Crippen LogP contribution >= 0.6 is 0 Å². The summed E-state index contributed by atoms with van der Waals surface area (Å²) in [5, 5.41) is 0. The fourth-order valence-electron chi connectivity index (χ4n) is 2.20. The number of rotatable bonds is 3. The molecular weight excluding hydrogens is 190 g/mol. The van der Waals surface area contributed by atoms with Crippen LogP contribution in [0.4, 0.5) is 0 Å². The summed E-state index contributed by atoms with van der Waals surface area (Å²) in [5.41, 5.74) is 11.1. The van der Waals surface area contributed by atoms with E-state index in [1.807, 2.05) is 13.8 Å². The van der Waals surface area contributed by atoms with Gasteiger partial charge in [-0.2, -0.15) is 0 Å². The van der Waals surface area contributed by atoms with E-state index in [-0.39, 0.29) is 17.5 Å². The van der Waals surface area contributed by atoms with Crippen LogP contribution in [0.2, 0.25) is 0 Å². The Morgan fingerprint density at radius 2 is 2.13 bits per heavy atom. The Balaban J connectivity index is 2.65. The summed E-state index contributed by atoms with van der Waals surface area (Å²) in [4.78, 5) is 13.5. The number of primary amides is 1. The Morgan fingerprint density at radius 1 is 1.53 bits per heavy atom. The molecule has 0 spiro atoms. The lowest BCUT2D eigenvalue weighted by Gasteiger charge is -2.39. The first-order valence-corrected chi connectivity index (χ1v) is 5.62. The molecule has 4 heteroatoms. The van der Waals surface area contributed by atoms with Crippen molar-refractivity contribution in [3.8, 4) is 0 Å². The molecule has 2 atom stereocenters. The summed E-state index contributed by atoms with van der Waals surface area (Å²) in [7, 11) is 0. The van der Waals surface area contributed by atoms with Gasteiger partial charge in [0.05, 0.1) is 6.04 Å². The quantitative estimate of drug-likeness (QED) is 0.708. The van der Waals surface area contributed by atoms with E-state index in [1.54, 1.807) is 0 Å². The molecule has 0 aromatic carbocycles. The normalized spacial score (nSPS) is 29.1. The molecule has 1 aliphatic heterocycles. The third-order valence-corrected chi connectivity index (χ3v) is 2.91. The molecule has 0 aliphatic carbocycles. The molecule has 1 heterocycles. The zero-order valence-electron chi connectivity index (χ0n) is 9.99. The van der Waals surface area contributed by atoms with E-state index in [9.17, 15) is 4.79 Å². The predicted molar refractivity (Wildman–Crippen MR) is 61.2 cm³/mol. The van der Waals surface area contributed by atoms with Crippen LogP contribution < -0.4 is 11.5 Å². The summed E-state index contributed by atoms with van der Waals surface area (Å²) in [5.74, 6) is 0.366. The monoisotopic (exact) mass is 213 g/mol. The van der Waals surface area contributed by atoms with Crippen molar-refractivity contribution in [2.45, 2.75) is 45.2 Å². The lowest BCUT2D eigenvalue weighted by Crippen LogP contribution is -2.55. The van der Waals surface area contributed by atoms with E-state index in [4.69, 9.17) is 11.5 Å². The van der Waals surface area contributed by atoms with Crippen molar-refractivity contribution in [1.29, 1.82) is 0 Å². The Labute approximate surface area is 92.0 Å². The summed E-state index contributed by atoms with van der Waals surface area (Å²) in [6, 6.07) is -0.128. The van der Waals surface area contributed by atoms with E-state index in [0.717, 1.165) is 25.9 Å². The number of piperidine rings is 1.